The van der Waals surface area contributed by atoms with Crippen LogP contribution in [0.4, 0.5) is 11.4 Å². The molecule has 1 atom stereocenters. The molecule has 0 radical (unpaired) electrons. The number of guanidine groups is 2. The molecular formula is C17H16N6O2. The van der Waals surface area contributed by atoms with Crippen molar-refractivity contribution >= 4 is 29.2 Å². The van der Waals surface area contributed by atoms with E-state index in [9.17, 15) is 4.79 Å². The highest BCUT2D eigenvalue weighted by atomic mass is 16.5. The summed E-state index contributed by atoms with van der Waals surface area (Å²) in [7, 11) is 1.58. The molecule has 8 nitrogen and oxygen atoms in total. The third-order valence-corrected chi connectivity index (χ3v) is 4.03. The molecule has 2 aliphatic heterocycles. The van der Waals surface area contributed by atoms with Crippen molar-refractivity contribution in [1.82, 2.24) is 5.32 Å². The Bertz CT molecular complexity index is 923. The zero-order chi connectivity index (χ0) is 17.4. The van der Waals surface area contributed by atoms with Crippen molar-refractivity contribution in [2.24, 2.45) is 15.7 Å². The summed E-state index contributed by atoms with van der Waals surface area (Å²) in [6.07, 6.45) is 0. The summed E-state index contributed by atoms with van der Waals surface area (Å²) in [5.41, 5.74) is 6.51. The Morgan fingerprint density at radius 3 is 2.68 bits per heavy atom. The van der Waals surface area contributed by atoms with Crippen molar-refractivity contribution in [1.29, 1.82) is 0 Å². The number of aliphatic imine (C=N–C) groups is 2. The number of rotatable bonds is 2. The molecule has 0 fully saturated rings. The minimum atomic E-state index is -1.43. The van der Waals surface area contributed by atoms with Crippen LogP contribution in [0.2, 0.25) is 0 Å². The lowest BCUT2D eigenvalue weighted by Gasteiger charge is -2.26. The van der Waals surface area contributed by atoms with Gasteiger partial charge in [-0.3, -0.25) is 10.1 Å². The Kier molecular flexibility index (Phi) is 3.31. The minimum Gasteiger partial charge on any atom is -0.495 e. The number of nitrogens with zero attached hydrogens (tertiary/aromatic N) is 2. The SMILES string of the molecule is COc1ccccc1NC1=NC2(N=C(N)N1)C(=O)Nc1ccccc12. The summed E-state index contributed by atoms with van der Waals surface area (Å²) in [6, 6.07) is 14.6. The van der Waals surface area contributed by atoms with Crippen molar-refractivity contribution in [3.63, 3.8) is 0 Å². The summed E-state index contributed by atoms with van der Waals surface area (Å²) >= 11 is 0. The van der Waals surface area contributed by atoms with Gasteiger partial charge in [-0.25, -0.2) is 9.98 Å². The van der Waals surface area contributed by atoms with Crippen LogP contribution in [0.3, 0.4) is 0 Å². The van der Waals surface area contributed by atoms with Crippen molar-refractivity contribution in [2.75, 3.05) is 17.7 Å². The van der Waals surface area contributed by atoms with E-state index in [4.69, 9.17) is 10.5 Å². The number of benzene rings is 2. The molecule has 2 aromatic rings. The molecule has 2 aliphatic rings. The molecule has 126 valence electrons. The van der Waals surface area contributed by atoms with Crippen LogP contribution >= 0.6 is 0 Å². The number of carbonyl (C=O) groups excluding carboxylic acids is 1. The molecule has 0 saturated carbocycles. The largest absolute Gasteiger partial charge is 0.495 e. The number of fused-ring (bicyclic) bond motifs is 2. The normalized spacial score (nSPS) is 20.9. The Hall–Kier alpha value is -3.55. The predicted octanol–water partition coefficient (Wildman–Crippen LogP) is 1.19. The van der Waals surface area contributed by atoms with Crippen LogP contribution in [-0.4, -0.2) is 24.9 Å². The number of carbonyl (C=O) groups is 1. The van der Waals surface area contributed by atoms with E-state index in [0.29, 0.717) is 28.6 Å². The molecule has 5 N–H and O–H groups in total. The number of para-hydroxylation sites is 3. The summed E-state index contributed by atoms with van der Waals surface area (Å²) in [5, 5.41) is 8.75. The lowest BCUT2D eigenvalue weighted by molar-refractivity contribution is -0.120. The maximum Gasteiger partial charge on any atom is 0.280 e. The first-order valence-electron chi connectivity index (χ1n) is 7.65. The molecule has 1 spiro atoms. The van der Waals surface area contributed by atoms with Gasteiger partial charge in [-0.1, -0.05) is 30.3 Å². The van der Waals surface area contributed by atoms with Gasteiger partial charge in [0.1, 0.15) is 5.75 Å². The number of hydrogen-bond acceptors (Lipinski definition) is 7. The highest BCUT2D eigenvalue weighted by Crippen LogP contribution is 2.41. The second-order valence-corrected chi connectivity index (χ2v) is 5.58. The molecule has 2 heterocycles. The molecule has 1 unspecified atom stereocenters. The molecule has 0 saturated heterocycles. The second-order valence-electron chi connectivity index (χ2n) is 5.58. The monoisotopic (exact) mass is 336 g/mol. The van der Waals surface area contributed by atoms with E-state index in [1.165, 1.54) is 0 Å². The van der Waals surface area contributed by atoms with Crippen LogP contribution in [0.5, 0.6) is 5.75 Å². The zero-order valence-corrected chi connectivity index (χ0v) is 13.4. The van der Waals surface area contributed by atoms with Gasteiger partial charge in [0.25, 0.3) is 11.6 Å². The quantitative estimate of drug-likeness (QED) is 0.658. The topological polar surface area (TPSA) is 113 Å². The summed E-state index contributed by atoms with van der Waals surface area (Å²) in [6.45, 7) is 0. The van der Waals surface area contributed by atoms with Crippen molar-refractivity contribution in [3.05, 3.63) is 54.1 Å². The van der Waals surface area contributed by atoms with Crippen LogP contribution in [-0.2, 0) is 10.5 Å². The first kappa shape index (κ1) is 15.0. The molecule has 8 heteroatoms. The fraction of sp³-hybridized carbons (Fsp3) is 0.118. The molecule has 0 aromatic heterocycles. The summed E-state index contributed by atoms with van der Waals surface area (Å²) in [4.78, 5) is 21.4. The molecule has 25 heavy (non-hydrogen) atoms. The van der Waals surface area contributed by atoms with Crippen molar-refractivity contribution in [2.45, 2.75) is 5.66 Å². The number of ether oxygens (including phenoxy) is 1. The van der Waals surface area contributed by atoms with E-state index in [0.717, 1.165) is 0 Å². The van der Waals surface area contributed by atoms with E-state index in [1.807, 2.05) is 36.4 Å². The number of amides is 1. The second kappa shape index (κ2) is 5.52. The van der Waals surface area contributed by atoms with E-state index in [1.54, 1.807) is 19.2 Å². The van der Waals surface area contributed by atoms with Gasteiger partial charge in [0.15, 0.2) is 5.96 Å². The Morgan fingerprint density at radius 2 is 1.84 bits per heavy atom. The van der Waals surface area contributed by atoms with Gasteiger partial charge < -0.3 is 21.1 Å². The van der Waals surface area contributed by atoms with Gasteiger partial charge in [-0.05, 0) is 18.2 Å². The fourth-order valence-corrected chi connectivity index (χ4v) is 2.92. The van der Waals surface area contributed by atoms with E-state index in [-0.39, 0.29) is 11.9 Å². The lowest BCUT2D eigenvalue weighted by Crippen LogP contribution is -2.49. The van der Waals surface area contributed by atoms with Gasteiger partial charge >= 0.3 is 0 Å². The van der Waals surface area contributed by atoms with Crippen molar-refractivity contribution in [3.8, 4) is 5.75 Å². The van der Waals surface area contributed by atoms with E-state index >= 15 is 0 Å². The number of nitrogens with one attached hydrogen (secondary N) is 3. The number of methoxy groups -OCH3 is 1. The van der Waals surface area contributed by atoms with Crippen LogP contribution in [0.15, 0.2) is 58.5 Å². The minimum absolute atomic E-state index is 0.0965. The van der Waals surface area contributed by atoms with Gasteiger partial charge in [-0.2, -0.15) is 0 Å². The van der Waals surface area contributed by atoms with Crippen molar-refractivity contribution < 1.29 is 9.53 Å². The van der Waals surface area contributed by atoms with Gasteiger partial charge in [-0.15, -0.1) is 0 Å². The molecule has 0 bridgehead atoms. The van der Waals surface area contributed by atoms with Gasteiger partial charge in [0, 0.05) is 11.3 Å². The predicted molar refractivity (Wildman–Crippen MR) is 95.6 cm³/mol. The molecule has 2 aromatic carbocycles. The van der Waals surface area contributed by atoms with Crippen LogP contribution in [0.25, 0.3) is 0 Å². The number of anilines is 2. The average molecular weight is 336 g/mol. The Morgan fingerprint density at radius 1 is 1.08 bits per heavy atom. The molecule has 1 amide bonds. The summed E-state index contributed by atoms with van der Waals surface area (Å²) < 4.78 is 5.32. The number of hydrogen-bond donors (Lipinski definition) is 4. The third-order valence-electron chi connectivity index (χ3n) is 4.03. The van der Waals surface area contributed by atoms with Crippen LogP contribution in [0.1, 0.15) is 5.56 Å². The molecular weight excluding hydrogens is 320 g/mol. The van der Waals surface area contributed by atoms with E-state index < -0.39 is 5.66 Å². The smallest absolute Gasteiger partial charge is 0.280 e. The molecule has 4 rings (SSSR count). The lowest BCUT2D eigenvalue weighted by atomic mass is 10.0. The average Bonchev–Trinajstić information content (AvgIpc) is 2.86. The maximum atomic E-state index is 12.6. The fourth-order valence-electron chi connectivity index (χ4n) is 2.92. The van der Waals surface area contributed by atoms with Crippen LogP contribution in [0, 0.1) is 0 Å². The third kappa shape index (κ3) is 2.35. The van der Waals surface area contributed by atoms with E-state index in [2.05, 4.69) is 25.9 Å². The first-order valence-corrected chi connectivity index (χ1v) is 7.65. The first-order chi connectivity index (χ1) is 12.1. The highest BCUT2D eigenvalue weighted by Gasteiger charge is 2.49. The standard InChI is InChI=1S/C17H16N6O2/c1-25-13-9-5-4-8-12(13)20-16-21-15(18)22-17(23-16)10-6-2-3-7-11(10)19-14(17)24/h2-9H,1H3,(H,19,24)(H4,18,20,21,22,23). The summed E-state index contributed by atoms with van der Waals surface area (Å²) in [5.74, 6) is 0.694. The van der Waals surface area contributed by atoms with Gasteiger partial charge in [0.2, 0.25) is 5.96 Å². The van der Waals surface area contributed by atoms with Gasteiger partial charge in [0.05, 0.1) is 12.8 Å². The molecule has 0 aliphatic carbocycles. The van der Waals surface area contributed by atoms with Crippen LogP contribution < -0.4 is 26.4 Å². The Labute approximate surface area is 143 Å². The maximum absolute atomic E-state index is 12.6. The highest BCUT2D eigenvalue weighted by molar-refractivity contribution is 6.13. The number of nitrogens with two attached hydrogens (primary N) is 1. The Balaban J connectivity index is 1.77. The zero-order valence-electron chi connectivity index (χ0n) is 13.4.